The summed E-state index contributed by atoms with van der Waals surface area (Å²) >= 11 is 1.59. The molecule has 1 aliphatic heterocycles. The number of nitrogens with zero attached hydrogens (tertiary/aromatic N) is 3. The number of aromatic amines is 1. The van der Waals surface area contributed by atoms with Gasteiger partial charge < -0.3 is 10.2 Å². The Morgan fingerprint density at radius 3 is 2.68 bits per heavy atom. The molecule has 1 saturated heterocycles. The smallest absolute Gasteiger partial charge is 0.229 e. The molecule has 4 aromatic rings. The molecule has 1 aliphatic rings. The second kappa shape index (κ2) is 11.1. The maximum atomic E-state index is 12.6. The van der Waals surface area contributed by atoms with Crippen LogP contribution in [0.1, 0.15) is 34.2 Å². The lowest BCUT2D eigenvalue weighted by atomic mass is 10.1. The van der Waals surface area contributed by atoms with Crippen LogP contribution in [0.4, 0.5) is 5.69 Å². The fourth-order valence-corrected chi connectivity index (χ4v) is 5.37. The van der Waals surface area contributed by atoms with Crippen LogP contribution in [0.25, 0.3) is 23.1 Å². The SMILES string of the molecule is CC(=O)N1CCN(Cc2cccc(C=Cc3n[nH]c4cc(C)c(NC(=O)Cc5cccs5)cc34)c2)CC1. The lowest BCUT2D eigenvalue weighted by molar-refractivity contribution is -0.130. The molecule has 7 nitrogen and oxygen atoms in total. The number of thiophene rings is 1. The number of aromatic nitrogens is 2. The largest absolute Gasteiger partial charge is 0.340 e. The number of carbonyl (C=O) groups excluding carboxylic acids is 2. The van der Waals surface area contributed by atoms with Crippen LogP contribution in [-0.2, 0) is 22.6 Å². The summed E-state index contributed by atoms with van der Waals surface area (Å²) in [4.78, 5) is 29.5. The van der Waals surface area contributed by atoms with Crippen molar-refractivity contribution in [3.8, 4) is 0 Å². The average molecular weight is 514 g/mol. The van der Waals surface area contributed by atoms with E-state index in [9.17, 15) is 9.59 Å². The predicted molar refractivity (Wildman–Crippen MR) is 150 cm³/mol. The van der Waals surface area contributed by atoms with E-state index in [1.54, 1.807) is 18.3 Å². The number of piperazine rings is 1. The Kier molecular flexibility index (Phi) is 7.48. The number of aryl methyl sites for hydroxylation is 1. The molecule has 3 heterocycles. The van der Waals surface area contributed by atoms with Crippen LogP contribution in [0.2, 0.25) is 0 Å². The standard InChI is InChI=1S/C29H31N5O2S/c1-20-15-28-25(18-27(20)30-29(36)17-24-7-4-14-37-24)26(31-32-28)9-8-22-5-3-6-23(16-22)19-33-10-12-34(13-11-33)21(2)35/h3-9,14-16,18H,10-13,17,19H2,1-2H3,(H,30,36)(H,31,32). The van der Waals surface area contributed by atoms with Gasteiger partial charge in [-0.3, -0.25) is 19.6 Å². The second-order valence-corrected chi connectivity index (χ2v) is 10.5. The number of fused-ring (bicyclic) bond motifs is 1. The van der Waals surface area contributed by atoms with E-state index in [2.05, 4.69) is 50.8 Å². The van der Waals surface area contributed by atoms with Crippen LogP contribution >= 0.6 is 11.3 Å². The highest BCUT2D eigenvalue weighted by Crippen LogP contribution is 2.26. The molecule has 0 unspecified atom stereocenters. The van der Waals surface area contributed by atoms with Crippen LogP contribution in [0.15, 0.2) is 53.9 Å². The highest BCUT2D eigenvalue weighted by molar-refractivity contribution is 7.10. The predicted octanol–water partition coefficient (Wildman–Crippen LogP) is 4.95. The summed E-state index contributed by atoms with van der Waals surface area (Å²) in [6.45, 7) is 7.86. The van der Waals surface area contributed by atoms with Gasteiger partial charge in [-0.2, -0.15) is 5.10 Å². The summed E-state index contributed by atoms with van der Waals surface area (Å²) in [5.74, 6) is 0.130. The van der Waals surface area contributed by atoms with Crippen molar-refractivity contribution in [2.24, 2.45) is 0 Å². The highest BCUT2D eigenvalue weighted by Gasteiger charge is 2.18. The lowest BCUT2D eigenvalue weighted by Gasteiger charge is -2.34. The number of amides is 2. The van der Waals surface area contributed by atoms with Crippen molar-refractivity contribution in [2.45, 2.75) is 26.8 Å². The van der Waals surface area contributed by atoms with Gasteiger partial charge in [-0.1, -0.05) is 36.4 Å². The molecular formula is C29H31N5O2S. The molecule has 37 heavy (non-hydrogen) atoms. The zero-order valence-electron chi connectivity index (χ0n) is 21.2. The van der Waals surface area contributed by atoms with E-state index in [0.717, 1.165) is 71.0 Å². The number of benzene rings is 2. The molecular weight excluding hydrogens is 482 g/mol. The van der Waals surface area contributed by atoms with E-state index in [-0.39, 0.29) is 11.8 Å². The summed E-state index contributed by atoms with van der Waals surface area (Å²) in [5, 5.41) is 13.6. The van der Waals surface area contributed by atoms with E-state index >= 15 is 0 Å². The number of rotatable bonds is 7. The molecule has 2 amide bonds. The number of anilines is 1. The van der Waals surface area contributed by atoms with Gasteiger partial charge in [0.05, 0.1) is 17.6 Å². The van der Waals surface area contributed by atoms with Gasteiger partial charge in [-0.05, 0) is 53.3 Å². The Bertz CT molecular complexity index is 1430. The third-order valence-corrected chi connectivity index (χ3v) is 7.61. The molecule has 1 fully saturated rings. The summed E-state index contributed by atoms with van der Waals surface area (Å²) in [7, 11) is 0. The first kappa shape index (κ1) is 24.9. The first-order valence-electron chi connectivity index (χ1n) is 12.5. The molecule has 0 spiro atoms. The van der Waals surface area contributed by atoms with Crippen LogP contribution in [0.3, 0.4) is 0 Å². The summed E-state index contributed by atoms with van der Waals surface area (Å²) in [6.07, 6.45) is 4.45. The van der Waals surface area contributed by atoms with E-state index in [1.165, 1.54) is 5.56 Å². The van der Waals surface area contributed by atoms with Crippen LogP contribution in [0.5, 0.6) is 0 Å². The van der Waals surface area contributed by atoms with Gasteiger partial charge >= 0.3 is 0 Å². The fraction of sp³-hybridized carbons (Fsp3) is 0.276. The molecule has 2 N–H and O–H groups in total. The first-order valence-corrected chi connectivity index (χ1v) is 13.4. The van der Waals surface area contributed by atoms with Crippen LogP contribution < -0.4 is 5.32 Å². The number of hydrogen-bond acceptors (Lipinski definition) is 5. The van der Waals surface area contributed by atoms with E-state index in [4.69, 9.17) is 0 Å². The molecule has 5 rings (SSSR count). The van der Waals surface area contributed by atoms with Crippen LogP contribution in [-0.4, -0.2) is 58.0 Å². The molecule has 190 valence electrons. The quantitative estimate of drug-likeness (QED) is 0.367. The van der Waals surface area contributed by atoms with Crippen molar-refractivity contribution in [2.75, 3.05) is 31.5 Å². The van der Waals surface area contributed by atoms with Crippen LogP contribution in [0, 0.1) is 6.92 Å². The Balaban J connectivity index is 1.27. The second-order valence-electron chi connectivity index (χ2n) is 9.49. The molecule has 8 heteroatoms. The van der Waals surface area contributed by atoms with Crippen molar-refractivity contribution < 1.29 is 9.59 Å². The maximum Gasteiger partial charge on any atom is 0.229 e. The monoisotopic (exact) mass is 513 g/mol. The number of hydrogen-bond donors (Lipinski definition) is 2. The zero-order valence-corrected chi connectivity index (χ0v) is 22.0. The van der Waals surface area contributed by atoms with Gasteiger partial charge in [0.15, 0.2) is 0 Å². The van der Waals surface area contributed by atoms with Gasteiger partial charge in [0.1, 0.15) is 0 Å². The Hall–Kier alpha value is -3.75. The van der Waals surface area contributed by atoms with Crippen molar-refractivity contribution in [3.63, 3.8) is 0 Å². The van der Waals surface area contributed by atoms with E-state index < -0.39 is 0 Å². The molecule has 2 aromatic carbocycles. The van der Waals surface area contributed by atoms with Crippen molar-refractivity contribution in [1.82, 2.24) is 20.0 Å². The summed E-state index contributed by atoms with van der Waals surface area (Å²) in [5.41, 5.74) is 5.91. The molecule has 0 radical (unpaired) electrons. The van der Waals surface area contributed by atoms with Gasteiger partial charge in [-0.25, -0.2) is 0 Å². The van der Waals surface area contributed by atoms with Gasteiger partial charge in [0, 0.05) is 55.6 Å². The summed E-state index contributed by atoms with van der Waals surface area (Å²) < 4.78 is 0. The highest BCUT2D eigenvalue weighted by atomic mass is 32.1. The maximum absolute atomic E-state index is 12.6. The van der Waals surface area contributed by atoms with Gasteiger partial charge in [0.2, 0.25) is 11.8 Å². The molecule has 0 bridgehead atoms. The number of carbonyl (C=O) groups is 2. The number of nitrogens with one attached hydrogen (secondary N) is 2. The Labute approximate surface area is 220 Å². The van der Waals surface area contributed by atoms with Crippen molar-refractivity contribution in [1.29, 1.82) is 0 Å². The van der Waals surface area contributed by atoms with Crippen molar-refractivity contribution >= 4 is 51.9 Å². The minimum atomic E-state index is -0.0231. The molecule has 0 saturated carbocycles. The summed E-state index contributed by atoms with van der Waals surface area (Å²) in [6, 6.07) is 16.5. The Morgan fingerprint density at radius 2 is 1.92 bits per heavy atom. The van der Waals surface area contributed by atoms with E-state index in [0.29, 0.717) is 6.42 Å². The third-order valence-electron chi connectivity index (χ3n) is 6.73. The van der Waals surface area contributed by atoms with Gasteiger partial charge in [-0.15, -0.1) is 11.3 Å². The molecule has 2 aromatic heterocycles. The fourth-order valence-electron chi connectivity index (χ4n) is 4.67. The topological polar surface area (TPSA) is 81.3 Å². The zero-order chi connectivity index (χ0) is 25.8. The minimum absolute atomic E-state index is 0.0231. The normalized spacial score (nSPS) is 14.5. The number of H-pyrrole nitrogens is 1. The van der Waals surface area contributed by atoms with Gasteiger partial charge in [0.25, 0.3) is 0 Å². The molecule has 0 atom stereocenters. The lowest BCUT2D eigenvalue weighted by Crippen LogP contribution is -2.47. The minimum Gasteiger partial charge on any atom is -0.340 e. The first-order chi connectivity index (χ1) is 17.9. The molecule has 0 aliphatic carbocycles. The Morgan fingerprint density at radius 1 is 1.08 bits per heavy atom. The van der Waals surface area contributed by atoms with E-state index in [1.807, 2.05) is 47.5 Å². The third kappa shape index (κ3) is 6.15. The van der Waals surface area contributed by atoms with Crippen molar-refractivity contribution in [3.05, 3.63) is 81.2 Å². The average Bonchev–Trinajstić information content (AvgIpc) is 3.53.